The first-order valence-electron chi connectivity index (χ1n) is 8.74. The Morgan fingerprint density at radius 1 is 1.09 bits per heavy atom. The fraction of sp³-hybridized carbons (Fsp3) is 0.824. The van der Waals surface area contributed by atoms with Crippen LogP contribution in [0.2, 0.25) is 0 Å². The van der Waals surface area contributed by atoms with E-state index >= 15 is 0 Å². The molecule has 2 unspecified atom stereocenters. The van der Waals surface area contributed by atoms with Crippen molar-refractivity contribution in [3.8, 4) is 6.07 Å². The summed E-state index contributed by atoms with van der Waals surface area (Å²) in [5.74, 6) is -0.841. The Balaban J connectivity index is 1.88. The monoisotopic (exact) mass is 321 g/mol. The highest BCUT2D eigenvalue weighted by molar-refractivity contribution is 6.00. The van der Waals surface area contributed by atoms with Crippen molar-refractivity contribution in [2.24, 2.45) is 11.8 Å². The first-order valence-corrected chi connectivity index (χ1v) is 8.74. The molecule has 23 heavy (non-hydrogen) atoms. The molecule has 0 spiro atoms. The number of hydrogen-bond donors (Lipinski definition) is 2. The third kappa shape index (κ3) is 5.83. The quantitative estimate of drug-likeness (QED) is 0.549. The molecule has 2 fully saturated rings. The number of nitriles is 1. The van der Waals surface area contributed by atoms with Gasteiger partial charge in [0, 0.05) is 13.2 Å². The maximum absolute atomic E-state index is 12.5. The van der Waals surface area contributed by atoms with Gasteiger partial charge in [0.05, 0.1) is 12.2 Å². The highest BCUT2D eigenvalue weighted by atomic mass is 16.5. The van der Waals surface area contributed by atoms with Gasteiger partial charge in [-0.1, -0.05) is 32.1 Å². The molecular formula is C17H27N3O3. The summed E-state index contributed by atoms with van der Waals surface area (Å²) in [5, 5.41) is 14.0. The van der Waals surface area contributed by atoms with Gasteiger partial charge in [0.25, 0.3) is 0 Å². The summed E-state index contributed by atoms with van der Waals surface area (Å²) in [4.78, 5) is 24.7. The lowest BCUT2D eigenvalue weighted by Crippen LogP contribution is -2.44. The Bertz CT molecular complexity index is 435. The van der Waals surface area contributed by atoms with Crippen LogP contribution in [0, 0.1) is 23.2 Å². The van der Waals surface area contributed by atoms with E-state index in [1.54, 1.807) is 0 Å². The standard InChI is InChI=1S/C17H27N3O3/c18-8-9-19-16(21)15(11-13-5-2-1-3-6-13)17(22)20-12-14-7-4-10-23-14/h13-15H,1-7,9-12H2,(H,19,21)(H,20,22). The predicted octanol–water partition coefficient (Wildman–Crippen LogP) is 1.51. The molecule has 1 heterocycles. The van der Waals surface area contributed by atoms with Crippen molar-refractivity contribution in [2.75, 3.05) is 19.7 Å². The maximum atomic E-state index is 12.5. The number of carbonyl (C=O) groups is 2. The molecule has 2 N–H and O–H groups in total. The van der Waals surface area contributed by atoms with Gasteiger partial charge in [-0.3, -0.25) is 9.59 Å². The summed E-state index contributed by atoms with van der Waals surface area (Å²) in [6, 6.07) is 1.89. The number of nitrogens with zero attached hydrogens (tertiary/aromatic N) is 1. The molecule has 0 aromatic heterocycles. The summed E-state index contributed by atoms with van der Waals surface area (Å²) in [5.41, 5.74) is 0. The van der Waals surface area contributed by atoms with E-state index in [-0.39, 0.29) is 24.5 Å². The van der Waals surface area contributed by atoms with Gasteiger partial charge in [0.2, 0.25) is 11.8 Å². The van der Waals surface area contributed by atoms with Crippen LogP contribution in [0.3, 0.4) is 0 Å². The van der Waals surface area contributed by atoms with Crippen molar-refractivity contribution in [1.29, 1.82) is 5.26 Å². The third-order valence-electron chi connectivity index (χ3n) is 4.80. The molecule has 0 bridgehead atoms. The van der Waals surface area contributed by atoms with Gasteiger partial charge in [-0.05, 0) is 25.2 Å². The van der Waals surface area contributed by atoms with E-state index in [0.717, 1.165) is 32.3 Å². The SMILES string of the molecule is N#CCNC(=O)C(CC1CCCCC1)C(=O)NCC1CCCO1. The first-order chi connectivity index (χ1) is 11.2. The van der Waals surface area contributed by atoms with Crippen LogP contribution >= 0.6 is 0 Å². The molecule has 0 aromatic rings. The van der Waals surface area contributed by atoms with Crippen LogP contribution in [-0.4, -0.2) is 37.6 Å². The molecular weight excluding hydrogens is 294 g/mol. The number of carbonyl (C=O) groups excluding carboxylic acids is 2. The minimum atomic E-state index is -0.701. The second kappa shape index (κ2) is 9.51. The van der Waals surface area contributed by atoms with Crippen LogP contribution in [0.4, 0.5) is 0 Å². The maximum Gasteiger partial charge on any atom is 0.233 e. The average molecular weight is 321 g/mol. The zero-order valence-electron chi connectivity index (χ0n) is 13.7. The van der Waals surface area contributed by atoms with E-state index in [1.165, 1.54) is 19.3 Å². The van der Waals surface area contributed by atoms with Gasteiger partial charge in [0.1, 0.15) is 12.5 Å². The molecule has 2 atom stereocenters. The van der Waals surface area contributed by atoms with Crippen molar-refractivity contribution in [2.45, 2.75) is 57.5 Å². The van der Waals surface area contributed by atoms with E-state index in [1.807, 2.05) is 6.07 Å². The van der Waals surface area contributed by atoms with Crippen LogP contribution in [0.1, 0.15) is 51.4 Å². The number of ether oxygens (including phenoxy) is 1. The molecule has 6 nitrogen and oxygen atoms in total. The second-order valence-electron chi connectivity index (χ2n) is 6.55. The predicted molar refractivity (Wildman–Crippen MR) is 85.3 cm³/mol. The molecule has 0 aromatic carbocycles. The molecule has 128 valence electrons. The highest BCUT2D eigenvalue weighted by Crippen LogP contribution is 2.29. The Morgan fingerprint density at radius 2 is 1.83 bits per heavy atom. The zero-order chi connectivity index (χ0) is 16.5. The van der Waals surface area contributed by atoms with Crippen LogP contribution in [0.5, 0.6) is 0 Å². The Kier molecular flexibility index (Phi) is 7.34. The number of amides is 2. The minimum Gasteiger partial charge on any atom is -0.376 e. The molecule has 6 heteroatoms. The Hall–Kier alpha value is -1.61. The fourth-order valence-electron chi connectivity index (χ4n) is 3.48. The second-order valence-corrected chi connectivity index (χ2v) is 6.55. The van der Waals surface area contributed by atoms with Gasteiger partial charge in [-0.25, -0.2) is 0 Å². The molecule has 0 radical (unpaired) electrons. The normalized spacial score (nSPS) is 23.0. The van der Waals surface area contributed by atoms with Crippen LogP contribution in [-0.2, 0) is 14.3 Å². The Labute approximate surface area is 137 Å². The largest absolute Gasteiger partial charge is 0.376 e. The molecule has 1 aliphatic carbocycles. The van der Waals surface area contributed by atoms with Gasteiger partial charge in [-0.15, -0.1) is 0 Å². The highest BCUT2D eigenvalue weighted by Gasteiger charge is 2.30. The molecule has 1 aliphatic heterocycles. The molecule has 1 saturated carbocycles. The summed E-state index contributed by atoms with van der Waals surface area (Å²) >= 11 is 0. The van der Waals surface area contributed by atoms with Crippen LogP contribution < -0.4 is 10.6 Å². The van der Waals surface area contributed by atoms with Gasteiger partial charge in [-0.2, -0.15) is 5.26 Å². The number of nitrogens with one attached hydrogen (secondary N) is 2. The summed E-state index contributed by atoms with van der Waals surface area (Å²) < 4.78 is 5.50. The topological polar surface area (TPSA) is 91.2 Å². The van der Waals surface area contributed by atoms with Crippen molar-refractivity contribution >= 4 is 11.8 Å². The first kappa shape index (κ1) is 17.7. The van der Waals surface area contributed by atoms with E-state index in [9.17, 15) is 9.59 Å². The summed E-state index contributed by atoms with van der Waals surface area (Å²) in [6.45, 7) is 1.15. The summed E-state index contributed by atoms with van der Waals surface area (Å²) in [7, 11) is 0. The Morgan fingerprint density at radius 3 is 2.48 bits per heavy atom. The smallest absolute Gasteiger partial charge is 0.233 e. The van der Waals surface area contributed by atoms with Gasteiger partial charge < -0.3 is 15.4 Å². The number of hydrogen-bond acceptors (Lipinski definition) is 4. The molecule has 2 rings (SSSR count). The zero-order valence-corrected chi connectivity index (χ0v) is 13.7. The van der Waals surface area contributed by atoms with E-state index in [4.69, 9.17) is 10.00 Å². The van der Waals surface area contributed by atoms with Crippen molar-refractivity contribution in [3.05, 3.63) is 0 Å². The lowest BCUT2D eigenvalue weighted by atomic mass is 9.82. The average Bonchev–Trinajstić information content (AvgIpc) is 3.10. The molecule has 2 amide bonds. The fourth-order valence-corrected chi connectivity index (χ4v) is 3.48. The van der Waals surface area contributed by atoms with Gasteiger partial charge >= 0.3 is 0 Å². The third-order valence-corrected chi connectivity index (χ3v) is 4.80. The number of rotatable bonds is 7. The van der Waals surface area contributed by atoms with Gasteiger partial charge in [0.15, 0.2) is 0 Å². The van der Waals surface area contributed by atoms with Crippen LogP contribution in [0.25, 0.3) is 0 Å². The van der Waals surface area contributed by atoms with Crippen molar-refractivity contribution in [3.63, 3.8) is 0 Å². The molecule has 1 saturated heterocycles. The van der Waals surface area contributed by atoms with E-state index in [2.05, 4.69) is 10.6 Å². The summed E-state index contributed by atoms with van der Waals surface area (Å²) in [6.07, 6.45) is 8.38. The van der Waals surface area contributed by atoms with Crippen molar-refractivity contribution in [1.82, 2.24) is 10.6 Å². The lowest BCUT2D eigenvalue weighted by Gasteiger charge is -2.25. The minimum absolute atomic E-state index is 0.0565. The van der Waals surface area contributed by atoms with Crippen molar-refractivity contribution < 1.29 is 14.3 Å². The molecule has 2 aliphatic rings. The van der Waals surface area contributed by atoms with E-state index in [0.29, 0.717) is 18.9 Å². The lowest BCUT2D eigenvalue weighted by molar-refractivity contribution is -0.136. The van der Waals surface area contributed by atoms with Crippen LogP contribution in [0.15, 0.2) is 0 Å². The van der Waals surface area contributed by atoms with E-state index < -0.39 is 5.92 Å².